The van der Waals surface area contributed by atoms with E-state index in [9.17, 15) is 9.59 Å². The van der Waals surface area contributed by atoms with E-state index in [0.29, 0.717) is 12.2 Å². The summed E-state index contributed by atoms with van der Waals surface area (Å²) in [6, 6.07) is 0. The van der Waals surface area contributed by atoms with Gasteiger partial charge in [-0.2, -0.15) is 0 Å². The first-order valence-corrected chi connectivity index (χ1v) is 3.46. The van der Waals surface area contributed by atoms with Gasteiger partial charge in [-0.3, -0.25) is 14.5 Å². The molecule has 0 unspecified atom stereocenters. The number of imide groups is 1. The summed E-state index contributed by atoms with van der Waals surface area (Å²) < 4.78 is 0. The number of nitrogens with zero attached hydrogens (tertiary/aromatic N) is 1. The van der Waals surface area contributed by atoms with Gasteiger partial charge in [-0.25, -0.2) is 0 Å². The van der Waals surface area contributed by atoms with Crippen molar-refractivity contribution in [1.29, 1.82) is 0 Å². The lowest BCUT2D eigenvalue weighted by atomic mass is 10.4. The predicted molar refractivity (Wildman–Crippen MR) is 39.5 cm³/mol. The summed E-state index contributed by atoms with van der Waals surface area (Å²) in [7, 11) is 1.62. The Morgan fingerprint density at radius 3 is 2.45 bits per heavy atom. The fourth-order valence-corrected chi connectivity index (χ4v) is 0.987. The largest absolute Gasteiger partial charge is 0.383 e. The first-order chi connectivity index (χ1) is 5.20. The maximum Gasteiger partial charge on any atom is 0.276 e. The van der Waals surface area contributed by atoms with E-state index in [1.54, 1.807) is 14.0 Å². The normalized spacial score (nSPS) is 17.3. The van der Waals surface area contributed by atoms with E-state index >= 15 is 0 Å². The molecule has 1 rings (SSSR count). The van der Waals surface area contributed by atoms with E-state index in [-0.39, 0.29) is 11.8 Å². The van der Waals surface area contributed by atoms with Crippen LogP contribution >= 0.6 is 0 Å². The Bertz CT molecular complexity index is 233. The minimum atomic E-state index is -0.236. The summed E-state index contributed by atoms with van der Waals surface area (Å²) >= 11 is 0. The molecule has 0 aromatic carbocycles. The van der Waals surface area contributed by atoms with Crippen molar-refractivity contribution in [2.24, 2.45) is 0 Å². The number of hydrogen-bond donors (Lipinski definition) is 1. The van der Waals surface area contributed by atoms with Crippen LogP contribution in [0.3, 0.4) is 0 Å². The van der Waals surface area contributed by atoms with Crippen LogP contribution in [0.2, 0.25) is 0 Å². The Balaban J connectivity index is 2.84. The van der Waals surface area contributed by atoms with E-state index in [4.69, 9.17) is 0 Å². The molecule has 0 saturated carbocycles. The van der Waals surface area contributed by atoms with Gasteiger partial charge < -0.3 is 5.32 Å². The molecule has 60 valence electrons. The van der Waals surface area contributed by atoms with Gasteiger partial charge in [-0.05, 0) is 6.92 Å². The Morgan fingerprint density at radius 2 is 2.18 bits per heavy atom. The molecular formula is C7H10N2O2. The van der Waals surface area contributed by atoms with Crippen LogP contribution in [0.4, 0.5) is 0 Å². The van der Waals surface area contributed by atoms with Crippen LogP contribution in [0.15, 0.2) is 11.8 Å². The lowest BCUT2D eigenvalue weighted by Crippen LogP contribution is -2.32. The SMILES string of the molecule is CCN1C(=O)C=C(NC)C1=O. The highest BCUT2D eigenvalue weighted by Gasteiger charge is 2.28. The van der Waals surface area contributed by atoms with Gasteiger partial charge in [0.1, 0.15) is 5.70 Å². The molecule has 0 aliphatic carbocycles. The molecule has 0 spiro atoms. The fraction of sp³-hybridized carbons (Fsp3) is 0.429. The van der Waals surface area contributed by atoms with Gasteiger partial charge in [-0.1, -0.05) is 0 Å². The van der Waals surface area contributed by atoms with E-state index in [2.05, 4.69) is 5.32 Å². The molecule has 0 saturated heterocycles. The lowest BCUT2D eigenvalue weighted by Gasteiger charge is -2.10. The van der Waals surface area contributed by atoms with Crippen molar-refractivity contribution in [2.45, 2.75) is 6.92 Å². The summed E-state index contributed by atoms with van der Waals surface area (Å²) in [6.45, 7) is 2.20. The molecule has 0 atom stereocenters. The molecule has 0 bridgehead atoms. The maximum absolute atomic E-state index is 11.2. The van der Waals surface area contributed by atoms with Gasteiger partial charge in [0.25, 0.3) is 11.8 Å². The van der Waals surface area contributed by atoms with E-state index in [1.807, 2.05) is 0 Å². The minimum absolute atomic E-state index is 0.234. The molecule has 0 aromatic rings. The van der Waals surface area contributed by atoms with Crippen LogP contribution < -0.4 is 5.32 Å². The second-order valence-electron chi connectivity index (χ2n) is 2.20. The number of nitrogens with one attached hydrogen (secondary N) is 1. The number of hydrogen-bond acceptors (Lipinski definition) is 3. The summed E-state index contributed by atoms with van der Waals surface area (Å²) in [5, 5.41) is 2.66. The van der Waals surface area contributed by atoms with Crippen molar-refractivity contribution in [3.63, 3.8) is 0 Å². The molecule has 1 aliphatic heterocycles. The highest BCUT2D eigenvalue weighted by Crippen LogP contribution is 2.08. The van der Waals surface area contributed by atoms with Crippen LogP contribution in [0.5, 0.6) is 0 Å². The van der Waals surface area contributed by atoms with Crippen molar-refractivity contribution in [3.05, 3.63) is 11.8 Å². The standard InChI is InChI=1S/C7H10N2O2/c1-3-9-6(10)4-5(8-2)7(9)11/h4,8H,3H2,1-2H3. The Labute approximate surface area is 64.9 Å². The van der Waals surface area contributed by atoms with Crippen molar-refractivity contribution >= 4 is 11.8 Å². The number of amides is 2. The lowest BCUT2D eigenvalue weighted by molar-refractivity contribution is -0.137. The zero-order chi connectivity index (χ0) is 8.43. The third kappa shape index (κ3) is 1.11. The molecular weight excluding hydrogens is 144 g/mol. The second-order valence-corrected chi connectivity index (χ2v) is 2.20. The molecule has 1 heterocycles. The van der Waals surface area contributed by atoms with Gasteiger partial charge >= 0.3 is 0 Å². The number of likely N-dealkylation sites (N-methyl/N-ethyl adjacent to an activating group) is 2. The summed E-state index contributed by atoms with van der Waals surface area (Å²) in [5.41, 5.74) is 0.372. The van der Waals surface area contributed by atoms with Crippen LogP contribution in [-0.2, 0) is 9.59 Å². The van der Waals surface area contributed by atoms with E-state index < -0.39 is 0 Å². The van der Waals surface area contributed by atoms with E-state index in [1.165, 1.54) is 11.0 Å². The van der Waals surface area contributed by atoms with Gasteiger partial charge in [-0.15, -0.1) is 0 Å². The smallest absolute Gasteiger partial charge is 0.276 e. The van der Waals surface area contributed by atoms with Gasteiger partial charge in [0.15, 0.2) is 0 Å². The zero-order valence-electron chi connectivity index (χ0n) is 6.55. The van der Waals surface area contributed by atoms with Crippen molar-refractivity contribution in [3.8, 4) is 0 Å². The number of carbonyl (C=O) groups is 2. The molecule has 4 nitrogen and oxygen atoms in total. The quantitative estimate of drug-likeness (QED) is 0.544. The molecule has 0 radical (unpaired) electrons. The Hall–Kier alpha value is -1.32. The van der Waals surface area contributed by atoms with Crippen LogP contribution in [-0.4, -0.2) is 30.3 Å². The van der Waals surface area contributed by atoms with Crippen molar-refractivity contribution in [1.82, 2.24) is 10.2 Å². The zero-order valence-corrected chi connectivity index (χ0v) is 6.55. The monoisotopic (exact) mass is 154 g/mol. The van der Waals surface area contributed by atoms with E-state index in [0.717, 1.165) is 0 Å². The Kier molecular flexibility index (Phi) is 1.94. The number of rotatable bonds is 2. The highest BCUT2D eigenvalue weighted by atomic mass is 16.2. The molecule has 11 heavy (non-hydrogen) atoms. The Morgan fingerprint density at radius 1 is 1.55 bits per heavy atom. The first-order valence-electron chi connectivity index (χ1n) is 3.46. The molecule has 1 N–H and O–H groups in total. The minimum Gasteiger partial charge on any atom is -0.383 e. The molecule has 0 aromatic heterocycles. The average molecular weight is 154 g/mol. The molecule has 0 fully saturated rings. The molecule has 2 amide bonds. The summed E-state index contributed by atoms with van der Waals surface area (Å²) in [5.74, 6) is -0.471. The van der Waals surface area contributed by atoms with Crippen LogP contribution in [0.1, 0.15) is 6.92 Å². The third-order valence-electron chi connectivity index (χ3n) is 1.59. The van der Waals surface area contributed by atoms with Crippen LogP contribution in [0.25, 0.3) is 0 Å². The molecule has 1 aliphatic rings. The van der Waals surface area contributed by atoms with Crippen molar-refractivity contribution < 1.29 is 9.59 Å². The first kappa shape index (κ1) is 7.78. The average Bonchev–Trinajstić information content (AvgIpc) is 2.26. The molecule has 4 heteroatoms. The van der Waals surface area contributed by atoms with Crippen LogP contribution in [0, 0.1) is 0 Å². The van der Waals surface area contributed by atoms with Gasteiger partial charge in [0, 0.05) is 19.7 Å². The topological polar surface area (TPSA) is 49.4 Å². The summed E-state index contributed by atoms with van der Waals surface area (Å²) in [4.78, 5) is 23.3. The predicted octanol–water partition coefficient (Wildman–Crippen LogP) is -0.522. The maximum atomic E-state index is 11.2. The van der Waals surface area contributed by atoms with Gasteiger partial charge in [0.2, 0.25) is 0 Å². The van der Waals surface area contributed by atoms with Crippen molar-refractivity contribution in [2.75, 3.05) is 13.6 Å². The van der Waals surface area contributed by atoms with Gasteiger partial charge in [0.05, 0.1) is 0 Å². The third-order valence-corrected chi connectivity index (χ3v) is 1.59. The summed E-state index contributed by atoms with van der Waals surface area (Å²) in [6.07, 6.45) is 1.31. The second kappa shape index (κ2) is 2.74. The highest BCUT2D eigenvalue weighted by molar-refractivity contribution is 6.15. The number of carbonyl (C=O) groups excluding carboxylic acids is 2. The fourth-order valence-electron chi connectivity index (χ4n) is 0.987.